The van der Waals surface area contributed by atoms with Crippen LogP contribution in [0.2, 0.25) is 0 Å². The Hall–Kier alpha value is -2.76. The average Bonchev–Trinajstić information content (AvgIpc) is 3.16. The van der Waals surface area contributed by atoms with Gasteiger partial charge in [0.2, 0.25) is 11.8 Å². The molecule has 26 heavy (non-hydrogen) atoms. The Morgan fingerprint density at radius 3 is 2.81 bits per heavy atom. The van der Waals surface area contributed by atoms with E-state index in [0.29, 0.717) is 25.1 Å². The number of nitrogens with one attached hydrogen (secondary N) is 1. The molecule has 0 radical (unpaired) electrons. The standard InChI is InChI=1S/C20H24N4O2/c1-15(25)24-11-5-8-19(24)18-14-21-12-17(23-18)13-22-20(26)10-9-16-6-3-2-4-7-16/h2-4,6-7,12,14,19H,5,8-11,13H2,1H3,(H,22,26). The van der Waals surface area contributed by atoms with Crippen molar-refractivity contribution in [3.63, 3.8) is 0 Å². The summed E-state index contributed by atoms with van der Waals surface area (Å²) in [6, 6.07) is 9.94. The first-order valence-electron chi connectivity index (χ1n) is 9.02. The Balaban J connectivity index is 1.54. The third-order valence-corrected chi connectivity index (χ3v) is 4.65. The molecular weight excluding hydrogens is 328 g/mol. The molecule has 3 rings (SSSR count). The Bertz CT molecular complexity index is 763. The van der Waals surface area contributed by atoms with Crippen LogP contribution in [0.1, 0.15) is 49.2 Å². The molecule has 136 valence electrons. The molecule has 6 nitrogen and oxygen atoms in total. The highest BCUT2D eigenvalue weighted by Gasteiger charge is 2.29. The number of carbonyl (C=O) groups excluding carboxylic acids is 2. The van der Waals surface area contributed by atoms with Crippen LogP contribution in [0.25, 0.3) is 0 Å². The van der Waals surface area contributed by atoms with Gasteiger partial charge >= 0.3 is 0 Å². The fraction of sp³-hybridized carbons (Fsp3) is 0.400. The van der Waals surface area contributed by atoms with Gasteiger partial charge in [0.05, 0.1) is 36.4 Å². The number of hydrogen-bond acceptors (Lipinski definition) is 4. The maximum absolute atomic E-state index is 12.1. The van der Waals surface area contributed by atoms with Crippen molar-refractivity contribution in [1.29, 1.82) is 0 Å². The van der Waals surface area contributed by atoms with Crippen LogP contribution < -0.4 is 5.32 Å². The molecule has 1 aromatic carbocycles. The van der Waals surface area contributed by atoms with Crippen LogP contribution in [-0.2, 0) is 22.6 Å². The summed E-state index contributed by atoms with van der Waals surface area (Å²) < 4.78 is 0. The van der Waals surface area contributed by atoms with Gasteiger partial charge in [-0.2, -0.15) is 0 Å². The lowest BCUT2D eigenvalue weighted by Gasteiger charge is -2.22. The highest BCUT2D eigenvalue weighted by atomic mass is 16.2. The number of carbonyl (C=O) groups is 2. The van der Waals surface area contributed by atoms with Gasteiger partial charge in [0, 0.05) is 19.9 Å². The van der Waals surface area contributed by atoms with Gasteiger partial charge < -0.3 is 10.2 Å². The van der Waals surface area contributed by atoms with Crippen molar-refractivity contribution in [2.45, 2.75) is 45.2 Å². The minimum atomic E-state index is -0.00714. The number of rotatable bonds is 6. The number of hydrogen-bond donors (Lipinski definition) is 1. The van der Waals surface area contributed by atoms with Gasteiger partial charge in [-0.05, 0) is 24.8 Å². The van der Waals surface area contributed by atoms with Crippen molar-refractivity contribution in [3.05, 3.63) is 59.7 Å². The van der Waals surface area contributed by atoms with Crippen LogP contribution in [0.5, 0.6) is 0 Å². The quantitative estimate of drug-likeness (QED) is 0.866. The van der Waals surface area contributed by atoms with Crippen molar-refractivity contribution >= 4 is 11.8 Å². The lowest BCUT2D eigenvalue weighted by Crippen LogP contribution is -2.29. The smallest absolute Gasteiger partial charge is 0.220 e. The van der Waals surface area contributed by atoms with E-state index in [-0.39, 0.29) is 17.9 Å². The SMILES string of the molecule is CC(=O)N1CCCC1c1cncc(CNC(=O)CCc2ccccc2)n1. The number of nitrogens with zero attached hydrogens (tertiary/aromatic N) is 3. The van der Waals surface area contributed by atoms with Crippen LogP contribution >= 0.6 is 0 Å². The molecule has 1 aliphatic rings. The van der Waals surface area contributed by atoms with E-state index < -0.39 is 0 Å². The summed E-state index contributed by atoms with van der Waals surface area (Å²) in [6.45, 7) is 2.70. The molecule has 6 heteroatoms. The molecule has 1 N–H and O–H groups in total. The van der Waals surface area contributed by atoms with Gasteiger partial charge in [-0.25, -0.2) is 0 Å². The molecule has 1 atom stereocenters. The molecular formula is C20H24N4O2. The number of amides is 2. The lowest BCUT2D eigenvalue weighted by molar-refractivity contribution is -0.129. The van der Waals surface area contributed by atoms with Crippen LogP contribution in [-0.4, -0.2) is 33.2 Å². The summed E-state index contributed by atoms with van der Waals surface area (Å²) >= 11 is 0. The average molecular weight is 352 g/mol. The maximum Gasteiger partial charge on any atom is 0.220 e. The summed E-state index contributed by atoms with van der Waals surface area (Å²) in [5, 5.41) is 2.90. The van der Waals surface area contributed by atoms with Gasteiger partial charge in [-0.1, -0.05) is 30.3 Å². The zero-order valence-electron chi connectivity index (χ0n) is 15.0. The first kappa shape index (κ1) is 18.0. The number of likely N-dealkylation sites (tertiary alicyclic amines) is 1. The summed E-state index contributed by atoms with van der Waals surface area (Å²) in [6.07, 6.45) is 6.42. The van der Waals surface area contributed by atoms with Gasteiger partial charge in [0.15, 0.2) is 0 Å². The van der Waals surface area contributed by atoms with Crippen LogP contribution in [0.3, 0.4) is 0 Å². The minimum Gasteiger partial charge on any atom is -0.350 e. The molecule has 0 aliphatic carbocycles. The molecule has 1 aromatic heterocycles. The second-order valence-electron chi connectivity index (χ2n) is 6.57. The zero-order valence-corrected chi connectivity index (χ0v) is 15.0. The van der Waals surface area contributed by atoms with Crippen molar-refractivity contribution in [2.24, 2.45) is 0 Å². The first-order chi connectivity index (χ1) is 12.6. The molecule has 1 saturated heterocycles. The fourth-order valence-corrected chi connectivity index (χ4v) is 3.30. The molecule has 0 bridgehead atoms. The van der Waals surface area contributed by atoms with E-state index in [0.717, 1.165) is 30.6 Å². The van der Waals surface area contributed by atoms with Crippen molar-refractivity contribution in [3.8, 4) is 0 Å². The van der Waals surface area contributed by atoms with E-state index in [4.69, 9.17) is 0 Å². The minimum absolute atomic E-state index is 0.00580. The second-order valence-corrected chi connectivity index (χ2v) is 6.57. The molecule has 0 saturated carbocycles. The van der Waals surface area contributed by atoms with Crippen LogP contribution in [0.15, 0.2) is 42.7 Å². The highest BCUT2D eigenvalue weighted by Crippen LogP contribution is 2.30. The van der Waals surface area contributed by atoms with Gasteiger partial charge in [0.25, 0.3) is 0 Å². The van der Waals surface area contributed by atoms with Gasteiger partial charge in [-0.3, -0.25) is 19.6 Å². The number of benzene rings is 1. The third kappa shape index (κ3) is 4.65. The van der Waals surface area contributed by atoms with E-state index in [2.05, 4.69) is 15.3 Å². The Kier molecular flexibility index (Phi) is 5.94. The Labute approximate surface area is 153 Å². The van der Waals surface area contributed by atoms with Crippen molar-refractivity contribution in [2.75, 3.05) is 6.54 Å². The Morgan fingerprint density at radius 1 is 1.23 bits per heavy atom. The fourth-order valence-electron chi connectivity index (χ4n) is 3.30. The zero-order chi connectivity index (χ0) is 18.4. The normalized spacial score (nSPS) is 16.5. The van der Waals surface area contributed by atoms with Crippen LogP contribution in [0, 0.1) is 0 Å². The Morgan fingerprint density at radius 2 is 2.04 bits per heavy atom. The first-order valence-corrected chi connectivity index (χ1v) is 9.02. The van der Waals surface area contributed by atoms with Gasteiger partial charge in [0.1, 0.15) is 0 Å². The molecule has 1 fully saturated rings. The second kappa shape index (κ2) is 8.56. The molecule has 2 aromatic rings. The lowest BCUT2D eigenvalue weighted by atomic mass is 10.1. The van der Waals surface area contributed by atoms with E-state index in [1.165, 1.54) is 0 Å². The monoisotopic (exact) mass is 352 g/mol. The number of aryl methyl sites for hydroxylation is 1. The summed E-state index contributed by atoms with van der Waals surface area (Å²) in [5.41, 5.74) is 2.66. The summed E-state index contributed by atoms with van der Waals surface area (Å²) in [7, 11) is 0. The maximum atomic E-state index is 12.1. The number of aromatic nitrogens is 2. The summed E-state index contributed by atoms with van der Waals surface area (Å²) in [5.74, 6) is 0.0567. The largest absolute Gasteiger partial charge is 0.350 e. The van der Waals surface area contributed by atoms with E-state index in [9.17, 15) is 9.59 Å². The topological polar surface area (TPSA) is 75.2 Å². The van der Waals surface area contributed by atoms with E-state index in [1.54, 1.807) is 19.3 Å². The molecule has 2 heterocycles. The van der Waals surface area contributed by atoms with Gasteiger partial charge in [-0.15, -0.1) is 0 Å². The van der Waals surface area contributed by atoms with Crippen molar-refractivity contribution < 1.29 is 9.59 Å². The highest BCUT2D eigenvalue weighted by molar-refractivity contribution is 5.76. The molecule has 1 aliphatic heterocycles. The summed E-state index contributed by atoms with van der Waals surface area (Å²) in [4.78, 5) is 34.5. The third-order valence-electron chi connectivity index (χ3n) is 4.65. The molecule has 0 spiro atoms. The van der Waals surface area contributed by atoms with Crippen molar-refractivity contribution in [1.82, 2.24) is 20.2 Å². The van der Waals surface area contributed by atoms with E-state index >= 15 is 0 Å². The molecule has 2 amide bonds. The van der Waals surface area contributed by atoms with E-state index in [1.807, 2.05) is 35.2 Å². The predicted octanol–water partition coefficient (Wildman–Crippen LogP) is 2.41. The molecule has 1 unspecified atom stereocenters. The van der Waals surface area contributed by atoms with Crippen LogP contribution in [0.4, 0.5) is 0 Å². The predicted molar refractivity (Wildman–Crippen MR) is 98.0 cm³/mol.